The largest absolute Gasteiger partial charge is 0.483 e. The van der Waals surface area contributed by atoms with Crippen molar-refractivity contribution in [2.45, 2.75) is 26.0 Å². The summed E-state index contributed by atoms with van der Waals surface area (Å²) in [6, 6.07) is 6.65. The molecule has 0 bridgehead atoms. The molecule has 0 saturated heterocycles. The molecule has 1 heterocycles. The third-order valence-corrected chi connectivity index (χ3v) is 4.51. The minimum absolute atomic E-state index is 0.185. The topological polar surface area (TPSA) is 35.2 Å². The first-order valence-corrected chi connectivity index (χ1v) is 7.57. The van der Waals surface area contributed by atoms with Gasteiger partial charge in [-0.1, -0.05) is 6.07 Å². The van der Waals surface area contributed by atoms with Gasteiger partial charge in [0.15, 0.2) is 0 Å². The Kier molecular flexibility index (Phi) is 4.60. The number of thiophene rings is 1. The highest BCUT2D eigenvalue weighted by atomic mass is 79.9. The van der Waals surface area contributed by atoms with Crippen LogP contribution in [0.5, 0.6) is 5.75 Å². The number of hydrogen-bond donors (Lipinski definition) is 1. The number of benzene rings is 1. The summed E-state index contributed by atoms with van der Waals surface area (Å²) in [6.45, 7) is 3.60. The molecule has 0 aliphatic carbocycles. The van der Waals surface area contributed by atoms with Crippen LogP contribution in [0, 0.1) is 12.7 Å². The molecule has 19 heavy (non-hydrogen) atoms. The summed E-state index contributed by atoms with van der Waals surface area (Å²) in [5.74, 6) is 0.225. The van der Waals surface area contributed by atoms with Gasteiger partial charge < -0.3 is 10.5 Å². The zero-order valence-electron chi connectivity index (χ0n) is 10.7. The Balaban J connectivity index is 2.23. The maximum atomic E-state index is 13.5. The van der Waals surface area contributed by atoms with E-state index in [9.17, 15) is 4.39 Å². The average molecular weight is 344 g/mol. The van der Waals surface area contributed by atoms with Gasteiger partial charge in [0.1, 0.15) is 17.7 Å². The number of hydrogen-bond acceptors (Lipinski definition) is 3. The zero-order chi connectivity index (χ0) is 14.0. The molecule has 2 N–H and O–H groups in total. The van der Waals surface area contributed by atoms with Crippen LogP contribution in [-0.4, -0.2) is 6.04 Å². The molecule has 2 atom stereocenters. The second kappa shape index (κ2) is 6.03. The molecule has 5 heteroatoms. The molecule has 0 amide bonds. The van der Waals surface area contributed by atoms with Crippen molar-refractivity contribution in [2.24, 2.45) is 5.73 Å². The Labute approximate surface area is 124 Å². The second-order valence-corrected chi connectivity index (χ2v) is 6.33. The van der Waals surface area contributed by atoms with Gasteiger partial charge in [-0.15, -0.1) is 11.3 Å². The molecule has 1 aromatic carbocycles. The van der Waals surface area contributed by atoms with E-state index in [1.165, 1.54) is 6.07 Å². The van der Waals surface area contributed by atoms with E-state index in [0.29, 0.717) is 11.3 Å². The first-order chi connectivity index (χ1) is 8.97. The predicted molar refractivity (Wildman–Crippen MR) is 80.2 cm³/mol. The van der Waals surface area contributed by atoms with Crippen molar-refractivity contribution in [3.63, 3.8) is 0 Å². The minimum Gasteiger partial charge on any atom is -0.483 e. The molecule has 0 spiro atoms. The van der Waals surface area contributed by atoms with Crippen LogP contribution >= 0.6 is 27.3 Å². The van der Waals surface area contributed by atoms with E-state index < -0.39 is 0 Å². The fourth-order valence-corrected chi connectivity index (χ4v) is 3.28. The van der Waals surface area contributed by atoms with E-state index in [1.807, 2.05) is 18.4 Å². The van der Waals surface area contributed by atoms with Crippen LogP contribution in [0.1, 0.15) is 23.5 Å². The Bertz CT molecular complexity index is 570. The SMILES string of the molecule is Cc1ccc(OC(c2cc(Br)cs2)C(C)N)cc1F. The molecule has 1 aromatic heterocycles. The summed E-state index contributed by atoms with van der Waals surface area (Å²) < 4.78 is 20.4. The van der Waals surface area contributed by atoms with Crippen molar-refractivity contribution in [1.29, 1.82) is 0 Å². The van der Waals surface area contributed by atoms with Gasteiger partial charge in [0.05, 0.1) is 0 Å². The van der Waals surface area contributed by atoms with Gasteiger partial charge in [0, 0.05) is 26.8 Å². The molecule has 2 nitrogen and oxygen atoms in total. The highest BCUT2D eigenvalue weighted by molar-refractivity contribution is 9.10. The van der Waals surface area contributed by atoms with E-state index in [4.69, 9.17) is 10.5 Å². The van der Waals surface area contributed by atoms with Crippen LogP contribution in [0.4, 0.5) is 4.39 Å². The van der Waals surface area contributed by atoms with Gasteiger partial charge >= 0.3 is 0 Å². The smallest absolute Gasteiger partial charge is 0.148 e. The van der Waals surface area contributed by atoms with Crippen molar-refractivity contribution in [1.82, 2.24) is 0 Å². The van der Waals surface area contributed by atoms with Crippen molar-refractivity contribution in [3.05, 3.63) is 50.4 Å². The van der Waals surface area contributed by atoms with Gasteiger partial charge in [0.2, 0.25) is 0 Å². The standard InChI is InChI=1S/C14H15BrFNOS/c1-8-3-4-11(6-12(8)16)18-14(9(2)17)13-5-10(15)7-19-13/h3-7,9,14H,17H2,1-2H3. The highest BCUT2D eigenvalue weighted by Crippen LogP contribution is 2.31. The minimum atomic E-state index is -0.279. The zero-order valence-corrected chi connectivity index (χ0v) is 13.1. The molecular formula is C14H15BrFNOS. The highest BCUT2D eigenvalue weighted by Gasteiger charge is 2.20. The van der Waals surface area contributed by atoms with Crippen LogP contribution < -0.4 is 10.5 Å². The van der Waals surface area contributed by atoms with E-state index in [0.717, 1.165) is 9.35 Å². The molecule has 102 valence electrons. The quantitative estimate of drug-likeness (QED) is 0.891. The number of nitrogens with two attached hydrogens (primary N) is 1. The molecule has 0 aliphatic rings. The summed E-state index contributed by atoms with van der Waals surface area (Å²) in [5.41, 5.74) is 6.57. The maximum Gasteiger partial charge on any atom is 0.148 e. The van der Waals surface area contributed by atoms with Crippen LogP contribution in [0.15, 0.2) is 34.1 Å². The van der Waals surface area contributed by atoms with E-state index >= 15 is 0 Å². The molecule has 0 saturated carbocycles. The summed E-state index contributed by atoms with van der Waals surface area (Å²) in [5, 5.41) is 1.98. The Morgan fingerprint density at radius 3 is 2.63 bits per heavy atom. The monoisotopic (exact) mass is 343 g/mol. The fourth-order valence-electron chi connectivity index (χ4n) is 1.70. The number of ether oxygens (including phenoxy) is 1. The lowest BCUT2D eigenvalue weighted by atomic mass is 10.1. The third kappa shape index (κ3) is 3.55. The van der Waals surface area contributed by atoms with Crippen molar-refractivity contribution in [2.75, 3.05) is 0 Å². The number of halogens is 2. The molecular weight excluding hydrogens is 329 g/mol. The van der Waals surface area contributed by atoms with Crippen molar-refractivity contribution >= 4 is 27.3 Å². The van der Waals surface area contributed by atoms with E-state index in [2.05, 4.69) is 15.9 Å². The Morgan fingerprint density at radius 1 is 1.37 bits per heavy atom. The van der Waals surface area contributed by atoms with E-state index in [-0.39, 0.29) is 18.0 Å². The van der Waals surface area contributed by atoms with Gasteiger partial charge in [0.25, 0.3) is 0 Å². The lowest BCUT2D eigenvalue weighted by Crippen LogP contribution is -2.28. The normalized spacial score (nSPS) is 14.2. The molecule has 0 fully saturated rings. The predicted octanol–water partition coefficient (Wildman–Crippen LogP) is 4.43. The third-order valence-electron chi connectivity index (χ3n) is 2.75. The van der Waals surface area contributed by atoms with Crippen molar-refractivity contribution in [3.8, 4) is 5.75 Å². The molecule has 2 unspecified atom stereocenters. The summed E-state index contributed by atoms with van der Waals surface area (Å²) in [7, 11) is 0. The van der Waals surface area contributed by atoms with Gasteiger partial charge in [-0.25, -0.2) is 4.39 Å². The second-order valence-electron chi connectivity index (χ2n) is 4.48. The Hall–Kier alpha value is -0.910. The molecule has 0 radical (unpaired) electrons. The number of rotatable bonds is 4. The fraction of sp³-hybridized carbons (Fsp3) is 0.286. The van der Waals surface area contributed by atoms with Crippen LogP contribution in [-0.2, 0) is 0 Å². The Morgan fingerprint density at radius 2 is 2.11 bits per heavy atom. The lowest BCUT2D eigenvalue weighted by Gasteiger charge is -2.21. The average Bonchev–Trinajstić information content (AvgIpc) is 2.76. The summed E-state index contributed by atoms with van der Waals surface area (Å²) in [6.07, 6.45) is -0.279. The number of aryl methyl sites for hydroxylation is 1. The maximum absolute atomic E-state index is 13.5. The first kappa shape index (κ1) is 14.5. The molecule has 2 aromatic rings. The molecule has 0 aliphatic heterocycles. The van der Waals surface area contributed by atoms with Gasteiger partial charge in [-0.2, -0.15) is 0 Å². The summed E-state index contributed by atoms with van der Waals surface area (Å²) in [4.78, 5) is 1.02. The summed E-state index contributed by atoms with van der Waals surface area (Å²) >= 11 is 4.98. The van der Waals surface area contributed by atoms with E-state index in [1.54, 1.807) is 30.4 Å². The van der Waals surface area contributed by atoms with Gasteiger partial charge in [-0.05, 0) is 47.5 Å². The first-order valence-electron chi connectivity index (χ1n) is 5.89. The van der Waals surface area contributed by atoms with Gasteiger partial charge in [-0.3, -0.25) is 0 Å². The molecule has 2 rings (SSSR count). The van der Waals surface area contributed by atoms with Crippen LogP contribution in [0.2, 0.25) is 0 Å². The van der Waals surface area contributed by atoms with Crippen LogP contribution in [0.25, 0.3) is 0 Å². The lowest BCUT2D eigenvalue weighted by molar-refractivity contribution is 0.183. The van der Waals surface area contributed by atoms with Crippen LogP contribution in [0.3, 0.4) is 0 Å². The van der Waals surface area contributed by atoms with Crippen molar-refractivity contribution < 1.29 is 9.13 Å².